The predicted octanol–water partition coefficient (Wildman–Crippen LogP) is 10.7. The van der Waals surface area contributed by atoms with Crippen molar-refractivity contribution in [2.75, 3.05) is 0 Å². The van der Waals surface area contributed by atoms with Crippen LogP contribution < -0.4 is 0 Å². The summed E-state index contributed by atoms with van der Waals surface area (Å²) in [4.78, 5) is 5.31. The molecule has 10 rings (SSSR count). The highest BCUT2D eigenvalue weighted by Gasteiger charge is 2.42. The molecular formula is C41H25NS. The number of hydrogen-bond acceptors (Lipinski definition) is 2. The summed E-state index contributed by atoms with van der Waals surface area (Å²) < 4.78 is 1.24. The van der Waals surface area contributed by atoms with Gasteiger partial charge in [0.1, 0.15) is 5.01 Å². The molecule has 0 radical (unpaired) electrons. The number of hydrogen-bond donors (Lipinski definition) is 0. The second-order valence-electron chi connectivity index (χ2n) is 11.7. The number of benzene rings is 6. The monoisotopic (exact) mass is 563 g/mol. The van der Waals surface area contributed by atoms with Gasteiger partial charge in [-0.05, 0) is 96.6 Å². The normalized spacial score (nSPS) is 15.4. The molecule has 43 heavy (non-hydrogen) atoms. The summed E-state index contributed by atoms with van der Waals surface area (Å²) in [5.74, 6) is 0. The first-order chi connectivity index (χ1) is 21.3. The van der Waals surface area contributed by atoms with Crippen molar-refractivity contribution in [3.05, 3.63) is 171 Å². The van der Waals surface area contributed by atoms with Crippen molar-refractivity contribution < 1.29 is 0 Å². The molecule has 0 saturated carbocycles. The third-order valence-corrected chi connectivity index (χ3v) is 10.6. The number of para-hydroxylation sites is 1. The maximum atomic E-state index is 5.31. The van der Waals surface area contributed by atoms with Gasteiger partial charge in [0, 0.05) is 11.1 Å². The van der Waals surface area contributed by atoms with Crippen LogP contribution in [0.3, 0.4) is 0 Å². The minimum absolute atomic E-state index is 1.03. The van der Waals surface area contributed by atoms with E-state index >= 15 is 0 Å². The lowest BCUT2D eigenvalue weighted by Gasteiger charge is -2.23. The van der Waals surface area contributed by atoms with E-state index in [0.717, 1.165) is 23.4 Å². The molecule has 1 heterocycles. The Balaban J connectivity index is 1.42. The van der Waals surface area contributed by atoms with Gasteiger partial charge in [-0.1, -0.05) is 115 Å². The molecule has 0 N–H and O–H groups in total. The Morgan fingerprint density at radius 2 is 1.16 bits per heavy atom. The summed E-state index contributed by atoms with van der Waals surface area (Å²) in [6.45, 7) is 0. The number of aryl methyl sites for hydroxylation is 1. The second kappa shape index (κ2) is 8.73. The molecule has 0 fully saturated rings. The Kier molecular flexibility index (Phi) is 4.77. The van der Waals surface area contributed by atoms with E-state index in [1.165, 1.54) is 87.5 Å². The smallest absolute Gasteiger partial charge is 0.125 e. The maximum Gasteiger partial charge on any atom is 0.125 e. The van der Waals surface area contributed by atoms with Crippen molar-refractivity contribution in [2.45, 2.75) is 12.8 Å². The molecule has 1 nitrogen and oxygen atoms in total. The zero-order chi connectivity index (χ0) is 28.1. The summed E-state index contributed by atoms with van der Waals surface area (Å²) in [5.41, 5.74) is 16.3. The number of aromatic nitrogens is 1. The molecule has 6 aromatic carbocycles. The van der Waals surface area contributed by atoms with Crippen molar-refractivity contribution in [1.29, 1.82) is 0 Å². The first kappa shape index (κ1) is 23.5. The zero-order valence-corrected chi connectivity index (χ0v) is 24.2. The summed E-state index contributed by atoms with van der Waals surface area (Å²) >= 11 is 1.83. The molecule has 0 unspecified atom stereocenters. The van der Waals surface area contributed by atoms with Gasteiger partial charge in [-0.15, -0.1) is 11.3 Å². The van der Waals surface area contributed by atoms with Crippen LogP contribution in [0.25, 0.3) is 54.1 Å². The molecule has 0 saturated heterocycles. The third kappa shape index (κ3) is 3.19. The highest BCUT2D eigenvalue weighted by molar-refractivity contribution is 7.19. The van der Waals surface area contributed by atoms with E-state index in [4.69, 9.17) is 4.98 Å². The molecule has 200 valence electrons. The largest absolute Gasteiger partial charge is 0.236 e. The van der Waals surface area contributed by atoms with Crippen LogP contribution in [0.4, 0.5) is 0 Å². The van der Waals surface area contributed by atoms with E-state index in [1.54, 1.807) is 0 Å². The van der Waals surface area contributed by atoms with E-state index in [-0.39, 0.29) is 0 Å². The van der Waals surface area contributed by atoms with Gasteiger partial charge in [-0.3, -0.25) is 0 Å². The van der Waals surface area contributed by atoms with Gasteiger partial charge in [0.05, 0.1) is 10.2 Å². The first-order valence-corrected chi connectivity index (χ1v) is 15.8. The average Bonchev–Trinajstić information content (AvgIpc) is 3.74. The van der Waals surface area contributed by atoms with Crippen LogP contribution in [0.5, 0.6) is 0 Å². The second-order valence-corrected chi connectivity index (χ2v) is 12.8. The van der Waals surface area contributed by atoms with E-state index in [1.807, 2.05) is 11.3 Å². The summed E-state index contributed by atoms with van der Waals surface area (Å²) in [7, 11) is 0. The van der Waals surface area contributed by atoms with Crippen molar-refractivity contribution in [2.24, 2.45) is 0 Å². The third-order valence-electron chi connectivity index (χ3n) is 9.55. The molecule has 0 atom stereocenters. The Hall–Kier alpha value is -5.05. The highest BCUT2D eigenvalue weighted by Crippen LogP contribution is 2.62. The SMILES string of the molecule is c1ccc2c(c1)CCC1=C2C(c2cccc3ccccc23)=C2C1=C(c1nc3ccccc3s1)c1c2ccc2ccccc12. The molecule has 0 spiro atoms. The molecule has 3 aliphatic carbocycles. The van der Waals surface area contributed by atoms with Crippen LogP contribution in [0, 0.1) is 0 Å². The van der Waals surface area contributed by atoms with Gasteiger partial charge in [-0.2, -0.15) is 0 Å². The average molecular weight is 564 g/mol. The fourth-order valence-corrected chi connectivity index (χ4v) is 8.81. The molecule has 0 aliphatic heterocycles. The number of allylic oxidation sites excluding steroid dienone is 5. The van der Waals surface area contributed by atoms with Crippen LogP contribution in [0.1, 0.15) is 39.2 Å². The lowest BCUT2D eigenvalue weighted by molar-refractivity contribution is 0.941. The molecule has 2 heteroatoms. The first-order valence-electron chi connectivity index (χ1n) is 15.0. The van der Waals surface area contributed by atoms with Crippen LogP contribution in [0.2, 0.25) is 0 Å². The molecule has 3 aliphatic rings. The van der Waals surface area contributed by atoms with E-state index < -0.39 is 0 Å². The highest BCUT2D eigenvalue weighted by atomic mass is 32.1. The number of rotatable bonds is 2. The zero-order valence-electron chi connectivity index (χ0n) is 23.4. The molecule has 1 aromatic heterocycles. The van der Waals surface area contributed by atoms with Crippen molar-refractivity contribution in [3.63, 3.8) is 0 Å². The predicted molar refractivity (Wildman–Crippen MR) is 182 cm³/mol. The maximum absolute atomic E-state index is 5.31. The molecule has 0 bridgehead atoms. The van der Waals surface area contributed by atoms with E-state index in [0.29, 0.717) is 0 Å². The topological polar surface area (TPSA) is 12.9 Å². The van der Waals surface area contributed by atoms with E-state index in [2.05, 4.69) is 127 Å². The standard InChI is InChI=1S/C41H25NS/c1-4-14-27-24(10-1)13-9-17-30(27)37-35-28-15-5-2-11-25(28)20-22-31(35)39-38(37)32-23-21-26-12-3-6-16-29(26)36(32)40(39)41-42-33-18-7-8-19-34(33)43-41/h1-19,21,23H,20,22H2. The lowest BCUT2D eigenvalue weighted by atomic mass is 9.80. The Morgan fingerprint density at radius 1 is 0.465 bits per heavy atom. The van der Waals surface area contributed by atoms with Gasteiger partial charge in [0.25, 0.3) is 0 Å². The van der Waals surface area contributed by atoms with Gasteiger partial charge in [-0.25, -0.2) is 4.98 Å². The van der Waals surface area contributed by atoms with Crippen molar-refractivity contribution >= 4 is 65.4 Å². The van der Waals surface area contributed by atoms with Gasteiger partial charge in [0.2, 0.25) is 0 Å². The van der Waals surface area contributed by atoms with Crippen LogP contribution in [-0.2, 0) is 6.42 Å². The Bertz CT molecular complexity index is 2410. The van der Waals surface area contributed by atoms with Gasteiger partial charge < -0.3 is 0 Å². The molecule has 0 amide bonds. The van der Waals surface area contributed by atoms with Gasteiger partial charge in [0.15, 0.2) is 0 Å². The number of thiazole rings is 1. The molecule has 7 aromatic rings. The van der Waals surface area contributed by atoms with Crippen molar-refractivity contribution in [3.8, 4) is 0 Å². The van der Waals surface area contributed by atoms with E-state index in [9.17, 15) is 0 Å². The van der Waals surface area contributed by atoms with Gasteiger partial charge >= 0.3 is 0 Å². The minimum Gasteiger partial charge on any atom is -0.236 e. The minimum atomic E-state index is 1.03. The number of fused-ring (bicyclic) bond motifs is 10. The van der Waals surface area contributed by atoms with Crippen LogP contribution in [-0.4, -0.2) is 4.98 Å². The Labute approximate surface area is 253 Å². The quantitative estimate of drug-likeness (QED) is 0.204. The summed E-state index contributed by atoms with van der Waals surface area (Å²) in [6, 6.07) is 46.9. The summed E-state index contributed by atoms with van der Waals surface area (Å²) in [6.07, 6.45) is 2.08. The van der Waals surface area contributed by atoms with Crippen molar-refractivity contribution in [1.82, 2.24) is 4.98 Å². The summed E-state index contributed by atoms with van der Waals surface area (Å²) in [5, 5.41) is 6.28. The molecular weight excluding hydrogens is 539 g/mol. The van der Waals surface area contributed by atoms with Crippen LogP contribution in [0.15, 0.2) is 139 Å². The fraction of sp³-hybridized carbons (Fsp3) is 0.0488. The number of nitrogens with zero attached hydrogens (tertiary/aromatic N) is 1. The Morgan fingerprint density at radius 3 is 2.07 bits per heavy atom. The van der Waals surface area contributed by atoms with Crippen LogP contribution >= 0.6 is 11.3 Å². The lowest BCUT2D eigenvalue weighted by Crippen LogP contribution is -2.05. The fourth-order valence-electron chi connectivity index (χ4n) is 7.79.